The second-order valence-electron chi connectivity index (χ2n) is 10.6. The van der Waals surface area contributed by atoms with E-state index < -0.39 is 20.6 Å². The zero-order valence-corrected chi connectivity index (χ0v) is 21.2. The minimum Gasteiger partial charge on any atom is -0.477 e. The molecule has 32 heavy (non-hydrogen) atoms. The number of likely N-dealkylation sites (tertiary alicyclic amines) is 1. The molecule has 178 valence electrons. The van der Waals surface area contributed by atoms with Gasteiger partial charge in [-0.3, -0.25) is 4.79 Å². The molecule has 0 aromatic rings. The molecule has 3 atom stereocenters. The third-order valence-electron chi connectivity index (χ3n) is 7.09. The molecular formula is C23H36N2O6Si. The molecule has 0 aromatic carbocycles. The van der Waals surface area contributed by atoms with Gasteiger partial charge in [0.25, 0.3) is 0 Å². The van der Waals surface area contributed by atoms with Crippen LogP contribution >= 0.6 is 0 Å². The Hall–Kier alpha value is -2.13. The highest BCUT2D eigenvalue weighted by Gasteiger charge is 2.64. The Morgan fingerprint density at radius 1 is 1.25 bits per heavy atom. The van der Waals surface area contributed by atoms with Crippen molar-refractivity contribution in [3.8, 4) is 0 Å². The molecule has 2 saturated heterocycles. The molecule has 3 aliphatic rings. The molecule has 0 saturated carbocycles. The summed E-state index contributed by atoms with van der Waals surface area (Å²) in [6, 6.07) is -0.186. The lowest BCUT2D eigenvalue weighted by molar-refractivity contribution is -0.180. The highest BCUT2D eigenvalue weighted by atomic mass is 28.3. The van der Waals surface area contributed by atoms with E-state index >= 15 is 0 Å². The van der Waals surface area contributed by atoms with Crippen molar-refractivity contribution in [2.45, 2.75) is 65.3 Å². The first-order chi connectivity index (χ1) is 14.8. The summed E-state index contributed by atoms with van der Waals surface area (Å²) in [5.41, 5.74) is -0.0156. The number of amides is 2. The number of carbonyl (C=O) groups excluding carboxylic acids is 2. The number of β-lactam (4-membered cyclic amide) rings is 1. The second-order valence-corrected chi connectivity index (χ2v) is 12.9. The third kappa shape index (κ3) is 4.12. The first-order valence-corrected chi connectivity index (χ1v) is 14.1. The second kappa shape index (κ2) is 8.66. The number of carboxylic acids is 1. The molecule has 3 aliphatic heterocycles. The zero-order chi connectivity index (χ0) is 24.0. The normalized spacial score (nSPS) is 25.3. The van der Waals surface area contributed by atoms with Gasteiger partial charge in [0, 0.05) is 13.1 Å². The Balaban J connectivity index is 1.74. The minimum absolute atomic E-state index is 0.127. The number of aliphatic carboxylic acids is 1. The van der Waals surface area contributed by atoms with Crippen LogP contribution in [-0.2, 0) is 18.8 Å². The maximum absolute atomic E-state index is 13.3. The van der Waals surface area contributed by atoms with E-state index in [1.165, 1.54) is 11.0 Å². The van der Waals surface area contributed by atoms with Crippen molar-refractivity contribution in [1.29, 1.82) is 0 Å². The van der Waals surface area contributed by atoms with Gasteiger partial charge in [0.1, 0.15) is 12.3 Å². The monoisotopic (exact) mass is 464 g/mol. The van der Waals surface area contributed by atoms with Gasteiger partial charge in [-0.25, -0.2) is 9.59 Å². The lowest BCUT2D eigenvalue weighted by atomic mass is 9.63. The van der Waals surface area contributed by atoms with E-state index in [0.717, 1.165) is 5.57 Å². The summed E-state index contributed by atoms with van der Waals surface area (Å²) in [7, 11) is -1.45. The Kier molecular flexibility index (Phi) is 6.64. The molecular weight excluding hydrogens is 428 g/mol. The zero-order valence-electron chi connectivity index (χ0n) is 20.0. The van der Waals surface area contributed by atoms with E-state index in [1.807, 2.05) is 6.92 Å². The van der Waals surface area contributed by atoms with E-state index in [2.05, 4.69) is 40.4 Å². The number of hydrogen-bond donors (Lipinski definition) is 1. The first-order valence-electron chi connectivity index (χ1n) is 11.3. The molecule has 2 amide bonds. The number of carbonyl (C=O) groups is 3. The summed E-state index contributed by atoms with van der Waals surface area (Å²) in [6.45, 7) is 17.2. The predicted octanol–water partition coefficient (Wildman–Crippen LogP) is 3.01. The van der Waals surface area contributed by atoms with Crippen molar-refractivity contribution in [2.24, 2.45) is 17.3 Å². The average molecular weight is 465 g/mol. The van der Waals surface area contributed by atoms with Gasteiger partial charge < -0.3 is 24.1 Å². The topological polar surface area (TPSA) is 96.4 Å². The molecule has 3 rings (SSSR count). The van der Waals surface area contributed by atoms with Gasteiger partial charge in [-0.1, -0.05) is 33.4 Å². The van der Waals surface area contributed by atoms with E-state index in [9.17, 15) is 19.5 Å². The first kappa shape index (κ1) is 24.5. The molecule has 3 heterocycles. The van der Waals surface area contributed by atoms with E-state index in [4.69, 9.17) is 9.16 Å². The van der Waals surface area contributed by atoms with Crippen molar-refractivity contribution in [3.05, 3.63) is 23.9 Å². The smallest absolute Gasteiger partial charge is 0.410 e. The number of hydrogen-bond acceptors (Lipinski definition) is 5. The maximum atomic E-state index is 13.3. The van der Waals surface area contributed by atoms with Crippen LogP contribution in [0.2, 0.25) is 13.1 Å². The summed E-state index contributed by atoms with van der Waals surface area (Å²) in [6.07, 6.45) is 2.25. The largest absolute Gasteiger partial charge is 0.477 e. The van der Waals surface area contributed by atoms with Crippen molar-refractivity contribution in [1.82, 2.24) is 9.80 Å². The van der Waals surface area contributed by atoms with Crippen LogP contribution in [0.4, 0.5) is 4.79 Å². The predicted molar refractivity (Wildman–Crippen MR) is 122 cm³/mol. The van der Waals surface area contributed by atoms with Crippen LogP contribution in [0.15, 0.2) is 23.9 Å². The number of carboxylic acid groups (broad SMARTS) is 1. The number of rotatable bonds is 8. The van der Waals surface area contributed by atoms with Crippen LogP contribution in [0.25, 0.3) is 0 Å². The molecule has 1 N–H and O–H groups in total. The summed E-state index contributed by atoms with van der Waals surface area (Å²) in [5.74, 6) is -1.42. The van der Waals surface area contributed by atoms with Crippen LogP contribution < -0.4 is 0 Å². The van der Waals surface area contributed by atoms with Crippen molar-refractivity contribution in [3.63, 3.8) is 0 Å². The maximum Gasteiger partial charge on any atom is 0.410 e. The van der Waals surface area contributed by atoms with Gasteiger partial charge >= 0.3 is 12.1 Å². The van der Waals surface area contributed by atoms with Gasteiger partial charge in [0.15, 0.2) is 9.04 Å². The molecule has 0 aromatic heterocycles. The fourth-order valence-corrected chi connectivity index (χ4v) is 6.69. The standard InChI is InChI=1S/C23H36N2O6Si/c1-8-9-30-21(29)24-12-14(13-24)10-15-11-16-17(19(26)25(16)18(15)20(27)28)23(5,22(2,3)4)31-32(6)7/h8,14,16-17,32H,1,9-13H2,2-7H3,(H,27,28)/t16-,17-,23-/m1/s1. The van der Waals surface area contributed by atoms with E-state index in [0.29, 0.717) is 25.9 Å². The fraction of sp³-hybridized carbons (Fsp3) is 0.696. The Labute approximate surface area is 191 Å². The lowest BCUT2D eigenvalue weighted by Gasteiger charge is -2.57. The summed E-state index contributed by atoms with van der Waals surface area (Å²) < 4.78 is 11.5. The van der Waals surface area contributed by atoms with Crippen molar-refractivity contribution >= 4 is 27.0 Å². The molecule has 0 aliphatic carbocycles. The Bertz CT molecular complexity index is 842. The fourth-order valence-electron chi connectivity index (χ4n) is 5.21. The average Bonchev–Trinajstić information content (AvgIpc) is 2.95. The van der Waals surface area contributed by atoms with Crippen LogP contribution in [0.1, 0.15) is 40.5 Å². The van der Waals surface area contributed by atoms with E-state index in [1.54, 1.807) is 4.90 Å². The molecule has 0 spiro atoms. The third-order valence-corrected chi connectivity index (χ3v) is 8.05. The number of ether oxygens (including phenoxy) is 1. The van der Waals surface area contributed by atoms with Crippen LogP contribution in [0.5, 0.6) is 0 Å². The molecule has 2 fully saturated rings. The quantitative estimate of drug-likeness (QED) is 0.337. The van der Waals surface area contributed by atoms with Gasteiger partial charge in [-0.05, 0) is 49.8 Å². The molecule has 8 nitrogen and oxygen atoms in total. The van der Waals surface area contributed by atoms with Gasteiger partial charge in [-0.15, -0.1) is 0 Å². The highest BCUT2D eigenvalue weighted by Crippen LogP contribution is 2.53. The number of nitrogens with zero attached hydrogens (tertiary/aromatic N) is 2. The molecule has 0 unspecified atom stereocenters. The molecule has 9 heteroatoms. The Morgan fingerprint density at radius 2 is 1.88 bits per heavy atom. The highest BCUT2D eigenvalue weighted by molar-refractivity contribution is 6.48. The van der Waals surface area contributed by atoms with Crippen molar-refractivity contribution in [2.75, 3.05) is 19.7 Å². The van der Waals surface area contributed by atoms with Gasteiger partial charge in [0.05, 0.1) is 17.6 Å². The lowest BCUT2D eigenvalue weighted by Crippen LogP contribution is -2.70. The Morgan fingerprint density at radius 3 is 2.38 bits per heavy atom. The van der Waals surface area contributed by atoms with Crippen LogP contribution in [0.3, 0.4) is 0 Å². The summed E-state index contributed by atoms with van der Waals surface area (Å²) >= 11 is 0. The summed E-state index contributed by atoms with van der Waals surface area (Å²) in [5, 5.41) is 9.89. The van der Waals surface area contributed by atoms with Gasteiger partial charge in [-0.2, -0.15) is 0 Å². The van der Waals surface area contributed by atoms with Crippen LogP contribution in [0, 0.1) is 17.3 Å². The van der Waals surface area contributed by atoms with Gasteiger partial charge in [0.2, 0.25) is 5.91 Å². The SMILES string of the molecule is C=CCOC(=O)N1CC(CC2=C(C(=O)O)N3C(=O)[C@H]([C@@](C)(O[SiH](C)C)C(C)(C)C)[C@H]3C2)C1. The van der Waals surface area contributed by atoms with Crippen LogP contribution in [-0.4, -0.2) is 73.3 Å². The summed E-state index contributed by atoms with van der Waals surface area (Å²) in [4.78, 5) is 40.4. The van der Waals surface area contributed by atoms with Crippen molar-refractivity contribution < 1.29 is 28.7 Å². The minimum atomic E-state index is -1.45. The van der Waals surface area contributed by atoms with E-state index in [-0.39, 0.29) is 47.6 Å². The number of fused-ring (bicyclic) bond motifs is 1. The molecule has 0 bridgehead atoms. The molecule has 0 radical (unpaired) electrons.